The van der Waals surface area contributed by atoms with Crippen molar-refractivity contribution in [3.05, 3.63) is 52.1 Å². The molecule has 20 heavy (non-hydrogen) atoms. The Morgan fingerprint density at radius 1 is 1.50 bits per heavy atom. The van der Waals surface area contributed by atoms with Gasteiger partial charge in [-0.15, -0.1) is 0 Å². The van der Waals surface area contributed by atoms with Gasteiger partial charge >= 0.3 is 11.8 Å². The van der Waals surface area contributed by atoms with E-state index in [1.54, 1.807) is 6.92 Å². The van der Waals surface area contributed by atoms with Crippen LogP contribution < -0.4 is 4.74 Å². The first-order valence-electron chi connectivity index (χ1n) is 5.58. The molecule has 0 aliphatic rings. The van der Waals surface area contributed by atoms with Gasteiger partial charge in [0, 0.05) is 0 Å². The van der Waals surface area contributed by atoms with Gasteiger partial charge in [-0.1, -0.05) is 0 Å². The van der Waals surface area contributed by atoms with Crippen molar-refractivity contribution < 1.29 is 24.0 Å². The standard InChI is InChI=1S/C12H10N2O6/c1-7(8-4-5-10(20-8)12(15)16)19-9-3-2-6-13-11(9)14(17)18/h2-7H,1H3,(H,15,16). The number of nitro groups is 1. The van der Waals surface area contributed by atoms with E-state index >= 15 is 0 Å². The van der Waals surface area contributed by atoms with E-state index in [-0.39, 0.29) is 17.3 Å². The highest BCUT2D eigenvalue weighted by atomic mass is 16.6. The van der Waals surface area contributed by atoms with Gasteiger partial charge in [0.25, 0.3) is 0 Å². The molecular formula is C12H10N2O6. The molecule has 1 unspecified atom stereocenters. The second kappa shape index (κ2) is 5.39. The Morgan fingerprint density at radius 2 is 2.25 bits per heavy atom. The molecular weight excluding hydrogens is 268 g/mol. The molecule has 0 aromatic carbocycles. The highest BCUT2D eigenvalue weighted by Gasteiger charge is 2.21. The van der Waals surface area contributed by atoms with E-state index in [1.165, 1.54) is 30.5 Å². The maximum absolute atomic E-state index is 10.8. The summed E-state index contributed by atoms with van der Waals surface area (Å²) in [4.78, 5) is 24.4. The molecule has 0 fully saturated rings. The zero-order valence-corrected chi connectivity index (χ0v) is 10.3. The summed E-state index contributed by atoms with van der Waals surface area (Å²) in [5.74, 6) is -1.60. The molecule has 1 N–H and O–H groups in total. The van der Waals surface area contributed by atoms with Crippen LogP contribution in [0.1, 0.15) is 29.3 Å². The number of aromatic carboxylic acids is 1. The van der Waals surface area contributed by atoms with Crippen LogP contribution in [0.2, 0.25) is 0 Å². The summed E-state index contributed by atoms with van der Waals surface area (Å²) in [6.45, 7) is 1.58. The zero-order valence-electron chi connectivity index (χ0n) is 10.3. The summed E-state index contributed by atoms with van der Waals surface area (Å²) in [5, 5.41) is 19.5. The molecule has 2 rings (SSSR count). The average Bonchev–Trinajstić information content (AvgIpc) is 2.89. The molecule has 104 valence electrons. The zero-order chi connectivity index (χ0) is 14.7. The fraction of sp³-hybridized carbons (Fsp3) is 0.167. The van der Waals surface area contributed by atoms with Crippen molar-refractivity contribution in [2.75, 3.05) is 0 Å². The first-order valence-corrected chi connectivity index (χ1v) is 5.58. The summed E-state index contributed by atoms with van der Waals surface area (Å²) in [6.07, 6.45) is 0.594. The Morgan fingerprint density at radius 3 is 2.85 bits per heavy atom. The number of hydrogen-bond acceptors (Lipinski definition) is 6. The number of furan rings is 1. The van der Waals surface area contributed by atoms with Gasteiger partial charge in [-0.2, -0.15) is 0 Å². The van der Waals surface area contributed by atoms with E-state index in [2.05, 4.69) is 4.98 Å². The number of ether oxygens (including phenoxy) is 1. The fourth-order valence-electron chi connectivity index (χ4n) is 1.55. The lowest BCUT2D eigenvalue weighted by atomic mass is 10.3. The first-order chi connectivity index (χ1) is 9.49. The molecule has 2 aromatic rings. The molecule has 1 atom stereocenters. The molecule has 0 amide bonds. The normalized spacial score (nSPS) is 11.8. The minimum absolute atomic E-state index is 0.0155. The molecule has 0 bridgehead atoms. The molecule has 8 nitrogen and oxygen atoms in total. The largest absolute Gasteiger partial charge is 0.475 e. The monoisotopic (exact) mass is 278 g/mol. The first kappa shape index (κ1) is 13.5. The van der Waals surface area contributed by atoms with Crippen molar-refractivity contribution in [2.24, 2.45) is 0 Å². The summed E-state index contributed by atoms with van der Waals surface area (Å²) in [6, 6.07) is 5.63. The molecule has 0 aliphatic heterocycles. The Kier molecular flexibility index (Phi) is 3.65. The lowest BCUT2D eigenvalue weighted by Gasteiger charge is -2.11. The molecule has 0 radical (unpaired) electrons. The third-order valence-corrected chi connectivity index (χ3v) is 2.47. The average molecular weight is 278 g/mol. The Balaban J connectivity index is 2.21. The number of aromatic nitrogens is 1. The highest BCUT2D eigenvalue weighted by molar-refractivity contribution is 5.84. The SMILES string of the molecule is CC(Oc1cccnc1[N+](=O)[O-])c1ccc(C(=O)O)o1. The summed E-state index contributed by atoms with van der Waals surface area (Å²) in [7, 11) is 0. The minimum atomic E-state index is -1.20. The number of pyridine rings is 1. The van der Waals surface area contributed by atoms with Crippen molar-refractivity contribution in [1.82, 2.24) is 4.98 Å². The number of carboxylic acid groups (broad SMARTS) is 1. The molecule has 8 heteroatoms. The van der Waals surface area contributed by atoms with Crippen LogP contribution in [-0.2, 0) is 0 Å². The van der Waals surface area contributed by atoms with Crippen LogP contribution in [0, 0.1) is 10.1 Å². The molecule has 0 saturated carbocycles. The number of nitrogens with zero attached hydrogens (tertiary/aromatic N) is 2. The molecule has 0 spiro atoms. The number of carboxylic acids is 1. The predicted octanol–water partition coefficient (Wildman–Crippen LogP) is 2.42. The summed E-state index contributed by atoms with van der Waals surface area (Å²) in [5.41, 5.74) is 0. The fourth-order valence-corrected chi connectivity index (χ4v) is 1.55. The molecule has 2 aromatic heterocycles. The van der Waals surface area contributed by atoms with E-state index in [4.69, 9.17) is 14.3 Å². The van der Waals surface area contributed by atoms with Crippen LogP contribution in [0.25, 0.3) is 0 Å². The predicted molar refractivity (Wildman–Crippen MR) is 65.6 cm³/mol. The van der Waals surface area contributed by atoms with Gasteiger partial charge in [0.15, 0.2) is 6.10 Å². The van der Waals surface area contributed by atoms with Gasteiger partial charge in [0.1, 0.15) is 12.0 Å². The van der Waals surface area contributed by atoms with Gasteiger partial charge in [-0.3, -0.25) is 0 Å². The highest BCUT2D eigenvalue weighted by Crippen LogP contribution is 2.29. The quantitative estimate of drug-likeness (QED) is 0.659. The third-order valence-electron chi connectivity index (χ3n) is 2.47. The van der Waals surface area contributed by atoms with E-state index in [0.29, 0.717) is 0 Å². The molecule has 0 saturated heterocycles. The van der Waals surface area contributed by atoms with Crippen molar-refractivity contribution in [1.29, 1.82) is 0 Å². The van der Waals surface area contributed by atoms with Crippen LogP contribution in [0.5, 0.6) is 5.75 Å². The van der Waals surface area contributed by atoms with E-state index in [0.717, 1.165) is 0 Å². The van der Waals surface area contributed by atoms with Gasteiger partial charge in [-0.05, 0) is 41.1 Å². The maximum Gasteiger partial charge on any atom is 0.406 e. The van der Waals surface area contributed by atoms with Crippen LogP contribution in [0.15, 0.2) is 34.9 Å². The molecule has 0 aliphatic carbocycles. The number of carbonyl (C=O) groups is 1. The summed E-state index contributed by atoms with van der Waals surface area (Å²) < 4.78 is 10.5. The second-order valence-corrected chi connectivity index (χ2v) is 3.85. The van der Waals surface area contributed by atoms with Gasteiger partial charge in [0.2, 0.25) is 11.5 Å². The van der Waals surface area contributed by atoms with Crippen molar-refractivity contribution in [2.45, 2.75) is 13.0 Å². The van der Waals surface area contributed by atoms with E-state index in [1.807, 2.05) is 0 Å². The van der Waals surface area contributed by atoms with Gasteiger partial charge in [0.05, 0.1) is 0 Å². The third kappa shape index (κ3) is 2.74. The van der Waals surface area contributed by atoms with Crippen molar-refractivity contribution in [3.8, 4) is 5.75 Å². The van der Waals surface area contributed by atoms with Crippen molar-refractivity contribution >= 4 is 11.8 Å². The maximum atomic E-state index is 10.8. The van der Waals surface area contributed by atoms with Crippen LogP contribution in [0.3, 0.4) is 0 Å². The lowest BCUT2D eigenvalue weighted by Crippen LogP contribution is -2.05. The van der Waals surface area contributed by atoms with E-state index < -0.39 is 22.8 Å². The lowest BCUT2D eigenvalue weighted by molar-refractivity contribution is -0.390. The Hall–Kier alpha value is -2.90. The minimum Gasteiger partial charge on any atom is -0.475 e. The smallest absolute Gasteiger partial charge is 0.406 e. The van der Waals surface area contributed by atoms with Crippen molar-refractivity contribution in [3.63, 3.8) is 0 Å². The topological polar surface area (TPSA) is 116 Å². The second-order valence-electron chi connectivity index (χ2n) is 3.85. The summed E-state index contributed by atoms with van der Waals surface area (Å²) >= 11 is 0. The van der Waals surface area contributed by atoms with Crippen LogP contribution in [-0.4, -0.2) is 21.0 Å². The van der Waals surface area contributed by atoms with Gasteiger partial charge in [-0.25, -0.2) is 4.79 Å². The number of rotatable bonds is 5. The van der Waals surface area contributed by atoms with E-state index in [9.17, 15) is 14.9 Å². The Labute approximate surface area is 112 Å². The Bertz CT molecular complexity index is 651. The molecule has 2 heterocycles. The van der Waals surface area contributed by atoms with Crippen LogP contribution in [0.4, 0.5) is 5.82 Å². The number of hydrogen-bond donors (Lipinski definition) is 1. The van der Waals surface area contributed by atoms with Gasteiger partial charge < -0.3 is 24.4 Å². The van der Waals surface area contributed by atoms with Crippen LogP contribution >= 0.6 is 0 Å².